The van der Waals surface area contributed by atoms with Crippen LogP contribution in [0.25, 0.3) is 0 Å². The molecule has 0 amide bonds. The zero-order chi connectivity index (χ0) is 14.6. The topological polar surface area (TPSA) is 15.3 Å². The average Bonchev–Trinajstić information content (AvgIpc) is 2.45. The van der Waals surface area contributed by atoms with E-state index < -0.39 is 0 Å². The van der Waals surface area contributed by atoms with Crippen molar-refractivity contribution in [2.45, 2.75) is 90.1 Å². The van der Waals surface area contributed by atoms with Crippen LogP contribution in [0.5, 0.6) is 0 Å². The summed E-state index contributed by atoms with van der Waals surface area (Å²) in [5, 5.41) is 3.90. The first kappa shape index (κ1) is 16.3. The van der Waals surface area contributed by atoms with Crippen molar-refractivity contribution in [1.29, 1.82) is 0 Å². The van der Waals surface area contributed by atoms with Crippen LogP contribution in [0.3, 0.4) is 0 Å². The molecule has 1 saturated carbocycles. The van der Waals surface area contributed by atoms with Gasteiger partial charge < -0.3 is 5.32 Å². The molecule has 2 rings (SSSR count). The van der Waals surface area contributed by atoms with Crippen molar-refractivity contribution in [2.24, 2.45) is 5.92 Å². The van der Waals surface area contributed by atoms with E-state index in [0.29, 0.717) is 11.1 Å². The van der Waals surface area contributed by atoms with Crippen LogP contribution in [-0.2, 0) is 0 Å². The van der Waals surface area contributed by atoms with Crippen LogP contribution in [0, 0.1) is 5.92 Å². The van der Waals surface area contributed by atoms with Gasteiger partial charge in [-0.15, -0.1) is 0 Å². The average molecular weight is 280 g/mol. The van der Waals surface area contributed by atoms with Gasteiger partial charge in [-0.3, -0.25) is 4.90 Å². The van der Waals surface area contributed by atoms with Crippen molar-refractivity contribution < 1.29 is 0 Å². The number of hydrogen-bond acceptors (Lipinski definition) is 2. The molecule has 1 N–H and O–H groups in total. The Hall–Kier alpha value is -0.0800. The number of hydrogen-bond donors (Lipinski definition) is 1. The molecule has 1 aliphatic carbocycles. The Labute approximate surface area is 126 Å². The van der Waals surface area contributed by atoms with Crippen LogP contribution in [0.4, 0.5) is 0 Å². The minimum Gasteiger partial charge on any atom is -0.308 e. The maximum atomic E-state index is 3.90. The molecule has 2 atom stereocenters. The van der Waals surface area contributed by atoms with E-state index in [9.17, 15) is 0 Å². The minimum atomic E-state index is 0.328. The van der Waals surface area contributed by atoms with Gasteiger partial charge in [0.05, 0.1) is 0 Å². The van der Waals surface area contributed by atoms with Gasteiger partial charge in [0.15, 0.2) is 0 Å². The number of nitrogens with zero attached hydrogens (tertiary/aromatic N) is 1. The molecule has 20 heavy (non-hydrogen) atoms. The SMILES string of the molecule is CCCC(C)CN1CC(C)(CC)NCC12CCCCC2. The van der Waals surface area contributed by atoms with E-state index in [1.54, 1.807) is 0 Å². The lowest BCUT2D eigenvalue weighted by Gasteiger charge is -2.56. The lowest BCUT2D eigenvalue weighted by molar-refractivity contribution is -0.0244. The maximum Gasteiger partial charge on any atom is 0.0335 e. The highest BCUT2D eigenvalue weighted by Crippen LogP contribution is 2.38. The van der Waals surface area contributed by atoms with Gasteiger partial charge >= 0.3 is 0 Å². The Bertz CT molecular complexity index is 296. The Morgan fingerprint density at radius 1 is 1.15 bits per heavy atom. The summed E-state index contributed by atoms with van der Waals surface area (Å²) in [5.74, 6) is 0.845. The van der Waals surface area contributed by atoms with Crippen molar-refractivity contribution in [3.8, 4) is 0 Å². The van der Waals surface area contributed by atoms with E-state index >= 15 is 0 Å². The summed E-state index contributed by atoms with van der Waals surface area (Å²) in [6.07, 6.45) is 11.1. The Morgan fingerprint density at radius 2 is 1.85 bits per heavy atom. The van der Waals surface area contributed by atoms with E-state index in [4.69, 9.17) is 0 Å². The summed E-state index contributed by atoms with van der Waals surface area (Å²) in [6, 6.07) is 0. The lowest BCUT2D eigenvalue weighted by atomic mass is 9.75. The summed E-state index contributed by atoms with van der Waals surface area (Å²) in [5.41, 5.74) is 0.809. The molecule has 2 nitrogen and oxygen atoms in total. The Balaban J connectivity index is 2.09. The van der Waals surface area contributed by atoms with E-state index in [1.807, 2.05) is 0 Å². The molecule has 2 heteroatoms. The third-order valence-corrected chi connectivity index (χ3v) is 5.93. The molecule has 0 bridgehead atoms. The highest BCUT2D eigenvalue weighted by molar-refractivity contribution is 5.04. The van der Waals surface area contributed by atoms with Crippen LogP contribution in [0.2, 0.25) is 0 Å². The minimum absolute atomic E-state index is 0.328. The van der Waals surface area contributed by atoms with Crippen LogP contribution >= 0.6 is 0 Å². The van der Waals surface area contributed by atoms with Crippen molar-refractivity contribution >= 4 is 0 Å². The lowest BCUT2D eigenvalue weighted by Crippen LogP contribution is -2.69. The second kappa shape index (κ2) is 6.79. The van der Waals surface area contributed by atoms with Crippen molar-refractivity contribution in [1.82, 2.24) is 10.2 Å². The fourth-order valence-corrected chi connectivity index (χ4v) is 4.29. The Morgan fingerprint density at radius 3 is 2.45 bits per heavy atom. The summed E-state index contributed by atoms with van der Waals surface area (Å²) in [6.45, 7) is 13.3. The normalized spacial score (nSPS) is 32.4. The fourth-order valence-electron chi connectivity index (χ4n) is 4.29. The number of piperazine rings is 1. The predicted octanol–water partition coefficient (Wildman–Crippen LogP) is 4.20. The van der Waals surface area contributed by atoms with Crippen LogP contribution in [-0.4, -0.2) is 35.6 Å². The zero-order valence-corrected chi connectivity index (χ0v) is 14.3. The van der Waals surface area contributed by atoms with Crippen LogP contribution in [0.1, 0.15) is 79.1 Å². The third-order valence-electron chi connectivity index (χ3n) is 5.93. The second-order valence-corrected chi connectivity index (χ2v) is 7.83. The van der Waals surface area contributed by atoms with E-state index in [0.717, 1.165) is 5.92 Å². The molecule has 0 aromatic carbocycles. The van der Waals surface area contributed by atoms with Crippen molar-refractivity contribution in [3.05, 3.63) is 0 Å². The number of nitrogens with one attached hydrogen (secondary N) is 1. The maximum absolute atomic E-state index is 3.90. The highest BCUT2D eigenvalue weighted by atomic mass is 15.3. The van der Waals surface area contributed by atoms with Gasteiger partial charge in [-0.2, -0.15) is 0 Å². The van der Waals surface area contributed by atoms with Crippen molar-refractivity contribution in [3.63, 3.8) is 0 Å². The monoisotopic (exact) mass is 280 g/mol. The summed E-state index contributed by atoms with van der Waals surface area (Å²) < 4.78 is 0. The third kappa shape index (κ3) is 3.57. The van der Waals surface area contributed by atoms with Gasteiger partial charge in [0.25, 0.3) is 0 Å². The van der Waals surface area contributed by atoms with Gasteiger partial charge in [-0.05, 0) is 38.5 Å². The van der Waals surface area contributed by atoms with Crippen LogP contribution in [0.15, 0.2) is 0 Å². The molecule has 2 aliphatic rings. The summed E-state index contributed by atoms with van der Waals surface area (Å²) >= 11 is 0. The zero-order valence-electron chi connectivity index (χ0n) is 14.3. The van der Waals surface area contributed by atoms with Crippen LogP contribution < -0.4 is 5.32 Å². The largest absolute Gasteiger partial charge is 0.308 e. The first-order valence-electron chi connectivity index (χ1n) is 9.04. The molecule has 1 saturated heterocycles. The molecule has 1 spiro atoms. The van der Waals surface area contributed by atoms with Crippen molar-refractivity contribution in [2.75, 3.05) is 19.6 Å². The molecular formula is C18H36N2. The first-order valence-corrected chi connectivity index (χ1v) is 9.04. The molecule has 2 unspecified atom stereocenters. The molecule has 118 valence electrons. The summed E-state index contributed by atoms with van der Waals surface area (Å²) in [4.78, 5) is 2.90. The molecule has 1 heterocycles. The van der Waals surface area contributed by atoms with Gasteiger partial charge in [0, 0.05) is 30.7 Å². The smallest absolute Gasteiger partial charge is 0.0335 e. The molecule has 1 aliphatic heterocycles. The number of rotatable bonds is 5. The molecule has 0 aromatic heterocycles. The standard InChI is InChI=1S/C18H36N2/c1-5-10-16(3)13-20-15-17(4,6-2)19-14-18(20)11-8-7-9-12-18/h16,19H,5-15H2,1-4H3. The highest BCUT2D eigenvalue weighted by Gasteiger charge is 2.45. The summed E-state index contributed by atoms with van der Waals surface area (Å²) in [7, 11) is 0. The van der Waals surface area contributed by atoms with Gasteiger partial charge in [0.2, 0.25) is 0 Å². The quantitative estimate of drug-likeness (QED) is 0.812. The first-order chi connectivity index (χ1) is 9.53. The van der Waals surface area contributed by atoms with E-state index in [-0.39, 0.29) is 0 Å². The second-order valence-electron chi connectivity index (χ2n) is 7.83. The fraction of sp³-hybridized carbons (Fsp3) is 1.00. The molecule has 0 aromatic rings. The van der Waals surface area contributed by atoms with Gasteiger partial charge in [-0.1, -0.05) is 46.5 Å². The Kier molecular flexibility index (Phi) is 5.53. The van der Waals surface area contributed by atoms with Gasteiger partial charge in [-0.25, -0.2) is 0 Å². The predicted molar refractivity (Wildman–Crippen MR) is 88.2 cm³/mol. The van der Waals surface area contributed by atoms with E-state index in [2.05, 4.69) is 37.9 Å². The van der Waals surface area contributed by atoms with Gasteiger partial charge in [0.1, 0.15) is 0 Å². The molecule has 0 radical (unpaired) electrons. The van der Waals surface area contributed by atoms with E-state index in [1.165, 1.54) is 71.0 Å². The molecular weight excluding hydrogens is 244 g/mol. The molecule has 2 fully saturated rings.